The molecule has 1 N–H and O–H groups in total. The van der Waals surface area contributed by atoms with Crippen LogP contribution in [0.2, 0.25) is 0 Å². The Bertz CT molecular complexity index is 684. The number of hydrogen-bond donors (Lipinski definition) is 1. The molecule has 0 aliphatic heterocycles. The Balaban J connectivity index is 2.38. The number of carboxylic acid groups (broad SMARTS) is 1. The summed E-state index contributed by atoms with van der Waals surface area (Å²) in [5.74, 6) is -1.03. The second-order valence-electron chi connectivity index (χ2n) is 3.96. The number of nitrogens with zero attached hydrogens (tertiary/aromatic N) is 2. The average molecular weight is 274 g/mol. The van der Waals surface area contributed by atoms with Crippen molar-refractivity contribution in [2.75, 3.05) is 0 Å². The van der Waals surface area contributed by atoms with Crippen molar-refractivity contribution in [1.29, 1.82) is 0 Å². The molecule has 0 spiro atoms. The molecule has 0 fully saturated rings. The predicted molar refractivity (Wildman–Crippen MR) is 69.1 cm³/mol. The molecule has 0 saturated carbocycles. The van der Waals surface area contributed by atoms with E-state index in [4.69, 9.17) is 9.84 Å². The van der Waals surface area contributed by atoms with Gasteiger partial charge in [0.1, 0.15) is 5.75 Å². The minimum Gasteiger partial charge on any atom is -0.476 e. The van der Waals surface area contributed by atoms with E-state index in [1.54, 1.807) is 6.92 Å². The molecule has 0 aliphatic rings. The van der Waals surface area contributed by atoms with Gasteiger partial charge in [-0.25, -0.2) is 9.78 Å². The van der Waals surface area contributed by atoms with Gasteiger partial charge in [0.2, 0.25) is 0 Å². The minimum atomic E-state index is -1.23. The summed E-state index contributed by atoms with van der Waals surface area (Å²) in [7, 11) is 0. The molecule has 1 aromatic carbocycles. The highest BCUT2D eigenvalue weighted by molar-refractivity contribution is 5.88. The molecule has 1 aromatic heterocycles. The van der Waals surface area contributed by atoms with E-state index >= 15 is 0 Å². The van der Waals surface area contributed by atoms with Gasteiger partial charge >= 0.3 is 5.97 Å². The van der Waals surface area contributed by atoms with E-state index in [0.717, 1.165) is 0 Å². The summed E-state index contributed by atoms with van der Waals surface area (Å²) in [5, 5.41) is 19.8. The molecule has 0 amide bonds. The number of rotatable bonds is 4. The first-order valence-electron chi connectivity index (χ1n) is 5.60. The molecule has 20 heavy (non-hydrogen) atoms. The van der Waals surface area contributed by atoms with Gasteiger partial charge in [0.25, 0.3) is 5.69 Å². The van der Waals surface area contributed by atoms with Crippen molar-refractivity contribution in [2.45, 2.75) is 6.92 Å². The Hall–Kier alpha value is -2.96. The third-order valence-corrected chi connectivity index (χ3v) is 2.58. The summed E-state index contributed by atoms with van der Waals surface area (Å²) >= 11 is 0. The van der Waals surface area contributed by atoms with E-state index < -0.39 is 10.9 Å². The van der Waals surface area contributed by atoms with Crippen LogP contribution in [0.4, 0.5) is 5.69 Å². The standard InChI is InChI=1S/C13H10N2O5/c1-8-4-5-9(7-10(8)15(18)19)20-11-3-2-6-14-12(11)13(16)17/h2-7H,1H3,(H,16,17). The zero-order valence-electron chi connectivity index (χ0n) is 10.4. The van der Waals surface area contributed by atoms with Crippen LogP contribution in [0, 0.1) is 17.0 Å². The molecule has 1 heterocycles. The van der Waals surface area contributed by atoms with Crippen molar-refractivity contribution < 1.29 is 19.6 Å². The molecule has 2 rings (SSSR count). The molecule has 0 aliphatic carbocycles. The van der Waals surface area contributed by atoms with Gasteiger partial charge in [-0.15, -0.1) is 0 Å². The number of carbonyl (C=O) groups is 1. The highest BCUT2D eigenvalue weighted by atomic mass is 16.6. The van der Waals surface area contributed by atoms with Crippen LogP contribution in [0.1, 0.15) is 16.1 Å². The molecule has 7 nitrogen and oxygen atoms in total. The predicted octanol–water partition coefficient (Wildman–Crippen LogP) is 2.79. The van der Waals surface area contributed by atoms with Gasteiger partial charge in [0, 0.05) is 11.8 Å². The highest BCUT2D eigenvalue weighted by Gasteiger charge is 2.16. The fourth-order valence-corrected chi connectivity index (χ4v) is 1.61. The van der Waals surface area contributed by atoms with Crippen molar-refractivity contribution in [3.05, 3.63) is 57.9 Å². The van der Waals surface area contributed by atoms with Crippen LogP contribution in [0.5, 0.6) is 11.5 Å². The first-order chi connectivity index (χ1) is 9.49. The largest absolute Gasteiger partial charge is 0.476 e. The Kier molecular flexibility index (Phi) is 3.60. The average Bonchev–Trinajstić information content (AvgIpc) is 2.41. The summed E-state index contributed by atoms with van der Waals surface area (Å²) in [5.41, 5.74) is 0.144. The Morgan fingerprint density at radius 1 is 1.40 bits per heavy atom. The van der Waals surface area contributed by atoms with Gasteiger partial charge in [0.05, 0.1) is 11.0 Å². The van der Waals surface area contributed by atoms with Crippen molar-refractivity contribution in [3.8, 4) is 11.5 Å². The number of aromatic carboxylic acids is 1. The summed E-state index contributed by atoms with van der Waals surface area (Å²) in [4.78, 5) is 25.0. The monoisotopic (exact) mass is 274 g/mol. The Labute approximate surface area is 113 Å². The van der Waals surface area contributed by atoms with Gasteiger partial charge < -0.3 is 9.84 Å². The number of hydrogen-bond acceptors (Lipinski definition) is 5. The molecule has 0 saturated heterocycles. The molecular formula is C13H10N2O5. The summed E-state index contributed by atoms with van der Waals surface area (Å²) in [6.45, 7) is 1.61. The summed E-state index contributed by atoms with van der Waals surface area (Å²) in [6, 6.07) is 7.26. The lowest BCUT2D eigenvalue weighted by atomic mass is 10.2. The van der Waals surface area contributed by atoms with E-state index in [0.29, 0.717) is 5.56 Å². The summed E-state index contributed by atoms with van der Waals surface area (Å²) in [6.07, 6.45) is 1.33. The first kappa shape index (κ1) is 13.5. The van der Waals surface area contributed by atoms with Gasteiger partial charge in [-0.05, 0) is 31.2 Å². The van der Waals surface area contributed by atoms with E-state index in [9.17, 15) is 14.9 Å². The quantitative estimate of drug-likeness (QED) is 0.679. The van der Waals surface area contributed by atoms with Crippen LogP contribution < -0.4 is 4.74 Å². The SMILES string of the molecule is Cc1ccc(Oc2cccnc2C(=O)O)cc1[N+](=O)[O-]. The van der Waals surface area contributed by atoms with Gasteiger partial charge in [-0.1, -0.05) is 0 Å². The molecule has 0 bridgehead atoms. The maximum Gasteiger partial charge on any atom is 0.358 e. The molecule has 0 atom stereocenters. The number of aryl methyl sites for hydroxylation is 1. The molecule has 2 aromatic rings. The van der Waals surface area contributed by atoms with Gasteiger partial charge in [-0.2, -0.15) is 0 Å². The van der Waals surface area contributed by atoms with Crippen molar-refractivity contribution in [3.63, 3.8) is 0 Å². The zero-order chi connectivity index (χ0) is 14.7. The third kappa shape index (κ3) is 2.72. The first-order valence-corrected chi connectivity index (χ1v) is 5.60. The summed E-state index contributed by atoms with van der Waals surface area (Å²) < 4.78 is 5.37. The van der Waals surface area contributed by atoms with Crippen LogP contribution >= 0.6 is 0 Å². The number of aromatic nitrogens is 1. The van der Waals surface area contributed by atoms with E-state index in [1.165, 1.54) is 36.5 Å². The maximum atomic E-state index is 11.0. The van der Waals surface area contributed by atoms with Crippen LogP contribution in [-0.2, 0) is 0 Å². The number of nitro benzene ring substituents is 1. The number of nitro groups is 1. The minimum absolute atomic E-state index is 0.0261. The lowest BCUT2D eigenvalue weighted by Gasteiger charge is -2.08. The molecule has 0 unspecified atom stereocenters. The highest BCUT2D eigenvalue weighted by Crippen LogP contribution is 2.29. The Morgan fingerprint density at radius 2 is 2.15 bits per heavy atom. The number of benzene rings is 1. The lowest BCUT2D eigenvalue weighted by molar-refractivity contribution is -0.385. The van der Waals surface area contributed by atoms with E-state index in [2.05, 4.69) is 4.98 Å². The van der Waals surface area contributed by atoms with Crippen molar-refractivity contribution >= 4 is 11.7 Å². The fraction of sp³-hybridized carbons (Fsp3) is 0.0769. The van der Waals surface area contributed by atoms with Crippen molar-refractivity contribution in [2.24, 2.45) is 0 Å². The third-order valence-electron chi connectivity index (χ3n) is 2.58. The zero-order valence-corrected chi connectivity index (χ0v) is 10.4. The van der Waals surface area contributed by atoms with E-state index in [1.807, 2.05) is 0 Å². The number of carboxylic acids is 1. The topological polar surface area (TPSA) is 103 Å². The van der Waals surface area contributed by atoms with E-state index in [-0.39, 0.29) is 22.9 Å². The molecular weight excluding hydrogens is 264 g/mol. The lowest BCUT2D eigenvalue weighted by Crippen LogP contribution is -2.03. The number of pyridine rings is 1. The second-order valence-corrected chi connectivity index (χ2v) is 3.96. The van der Waals surface area contributed by atoms with Crippen LogP contribution in [0.25, 0.3) is 0 Å². The Morgan fingerprint density at radius 3 is 2.80 bits per heavy atom. The normalized spacial score (nSPS) is 10.1. The smallest absolute Gasteiger partial charge is 0.358 e. The number of ether oxygens (including phenoxy) is 1. The van der Waals surface area contributed by atoms with Crippen LogP contribution in [0.15, 0.2) is 36.5 Å². The molecule has 0 radical (unpaired) electrons. The van der Waals surface area contributed by atoms with Crippen LogP contribution in [0.3, 0.4) is 0 Å². The van der Waals surface area contributed by atoms with Gasteiger partial charge in [-0.3, -0.25) is 10.1 Å². The van der Waals surface area contributed by atoms with Crippen LogP contribution in [-0.4, -0.2) is 21.0 Å². The molecule has 7 heteroatoms. The fourth-order valence-electron chi connectivity index (χ4n) is 1.61. The maximum absolute atomic E-state index is 11.0. The van der Waals surface area contributed by atoms with Crippen molar-refractivity contribution in [1.82, 2.24) is 4.98 Å². The van der Waals surface area contributed by atoms with Gasteiger partial charge in [0.15, 0.2) is 11.4 Å². The molecule has 102 valence electrons. The second kappa shape index (κ2) is 5.35.